The Bertz CT molecular complexity index is 696. The van der Waals surface area contributed by atoms with Crippen molar-refractivity contribution in [2.24, 2.45) is 5.73 Å². The highest BCUT2D eigenvalue weighted by Gasteiger charge is 2.39. The second-order valence-corrected chi connectivity index (χ2v) is 9.66. The average molecular weight is 364 g/mol. The van der Waals surface area contributed by atoms with Gasteiger partial charge in [-0.2, -0.15) is 13.2 Å². The van der Waals surface area contributed by atoms with Crippen molar-refractivity contribution in [3.8, 4) is 0 Å². The first-order chi connectivity index (χ1) is 10.9. The number of hydrogen-bond acceptors (Lipinski definition) is 4. The van der Waals surface area contributed by atoms with Crippen LogP contribution in [-0.4, -0.2) is 31.8 Å². The molecule has 0 unspecified atom stereocenters. The number of sulfone groups is 1. The highest BCUT2D eigenvalue weighted by atomic mass is 32.2. The third-order valence-corrected chi connectivity index (χ3v) is 7.01. The maximum atomic E-state index is 12.8. The van der Waals surface area contributed by atoms with Gasteiger partial charge in [0.25, 0.3) is 0 Å². The molecule has 0 saturated heterocycles. The van der Waals surface area contributed by atoms with E-state index in [1.165, 1.54) is 19.9 Å². The molecule has 24 heavy (non-hydrogen) atoms. The maximum absolute atomic E-state index is 12.8. The SMILES string of the molecule is CC(C)(CCNCC1(N)CC1)S(=O)(=O)c1cccc(C(F)(F)F)c1. The molecule has 4 nitrogen and oxygen atoms in total. The van der Waals surface area contributed by atoms with Crippen molar-refractivity contribution in [1.82, 2.24) is 5.32 Å². The van der Waals surface area contributed by atoms with Crippen molar-refractivity contribution in [2.45, 2.75) is 54.5 Å². The number of benzene rings is 1. The Balaban J connectivity index is 2.09. The van der Waals surface area contributed by atoms with Gasteiger partial charge >= 0.3 is 6.18 Å². The number of halogens is 3. The van der Waals surface area contributed by atoms with E-state index in [9.17, 15) is 21.6 Å². The lowest BCUT2D eigenvalue weighted by Gasteiger charge is -2.26. The molecule has 0 heterocycles. The lowest BCUT2D eigenvalue weighted by molar-refractivity contribution is -0.137. The van der Waals surface area contributed by atoms with Crippen LogP contribution in [-0.2, 0) is 16.0 Å². The van der Waals surface area contributed by atoms with Crippen LogP contribution in [0, 0.1) is 0 Å². The molecule has 0 bridgehead atoms. The predicted molar refractivity (Wildman–Crippen MR) is 86.3 cm³/mol. The van der Waals surface area contributed by atoms with E-state index in [0.717, 1.165) is 25.0 Å². The van der Waals surface area contributed by atoms with Gasteiger partial charge in [-0.05, 0) is 57.9 Å². The van der Waals surface area contributed by atoms with Crippen molar-refractivity contribution in [3.05, 3.63) is 29.8 Å². The maximum Gasteiger partial charge on any atom is 0.416 e. The van der Waals surface area contributed by atoms with Gasteiger partial charge in [-0.3, -0.25) is 0 Å². The van der Waals surface area contributed by atoms with Crippen molar-refractivity contribution >= 4 is 9.84 Å². The molecule has 1 aliphatic carbocycles. The Morgan fingerprint density at radius 3 is 2.42 bits per heavy atom. The van der Waals surface area contributed by atoms with Gasteiger partial charge < -0.3 is 11.1 Å². The summed E-state index contributed by atoms with van der Waals surface area (Å²) in [5, 5.41) is 3.13. The van der Waals surface area contributed by atoms with Crippen LogP contribution in [0.1, 0.15) is 38.7 Å². The van der Waals surface area contributed by atoms with Crippen molar-refractivity contribution in [2.75, 3.05) is 13.1 Å². The van der Waals surface area contributed by atoms with E-state index in [1.807, 2.05) is 0 Å². The van der Waals surface area contributed by atoms with Crippen LogP contribution in [0.25, 0.3) is 0 Å². The van der Waals surface area contributed by atoms with Gasteiger partial charge in [-0.25, -0.2) is 8.42 Å². The summed E-state index contributed by atoms with van der Waals surface area (Å²) in [5.74, 6) is 0. The quantitative estimate of drug-likeness (QED) is 0.730. The van der Waals surface area contributed by atoms with E-state index < -0.39 is 26.3 Å². The molecule has 0 radical (unpaired) electrons. The van der Waals surface area contributed by atoms with E-state index in [1.54, 1.807) is 0 Å². The molecule has 0 aliphatic heterocycles. The van der Waals surface area contributed by atoms with Crippen LogP contribution in [0.4, 0.5) is 13.2 Å². The Hall–Kier alpha value is -1.12. The Kier molecular flexibility index (Phi) is 5.05. The minimum absolute atomic E-state index is 0.177. The van der Waals surface area contributed by atoms with E-state index in [4.69, 9.17) is 5.73 Å². The lowest BCUT2D eigenvalue weighted by Crippen LogP contribution is -2.40. The molecule has 8 heteroatoms. The van der Waals surface area contributed by atoms with E-state index in [-0.39, 0.29) is 16.9 Å². The predicted octanol–water partition coefficient (Wildman–Crippen LogP) is 2.73. The van der Waals surface area contributed by atoms with Crippen LogP contribution in [0.2, 0.25) is 0 Å². The van der Waals surface area contributed by atoms with Crippen LogP contribution < -0.4 is 11.1 Å². The molecule has 0 amide bonds. The molecular weight excluding hydrogens is 341 g/mol. The third-order valence-electron chi connectivity index (χ3n) is 4.47. The molecule has 1 saturated carbocycles. The molecule has 0 aromatic heterocycles. The zero-order valence-corrected chi connectivity index (χ0v) is 14.6. The van der Waals surface area contributed by atoms with Crippen LogP contribution in [0.5, 0.6) is 0 Å². The summed E-state index contributed by atoms with van der Waals surface area (Å²) >= 11 is 0. The summed E-state index contributed by atoms with van der Waals surface area (Å²) in [6.07, 6.45) is -2.39. The molecule has 1 aromatic rings. The number of nitrogens with two attached hydrogens (primary N) is 1. The van der Waals surface area contributed by atoms with Gasteiger partial charge in [0, 0.05) is 12.1 Å². The Labute approximate surface area is 140 Å². The van der Waals surface area contributed by atoms with Crippen molar-refractivity contribution in [3.63, 3.8) is 0 Å². The standard InChI is InChI=1S/C16H23F3N2O2S/c1-14(2,8-9-21-11-15(20)6-7-15)24(22,23)13-5-3-4-12(10-13)16(17,18)19/h3-5,10,21H,6-9,11,20H2,1-2H3. The van der Waals surface area contributed by atoms with Crippen molar-refractivity contribution in [1.29, 1.82) is 0 Å². The number of rotatable bonds is 7. The summed E-state index contributed by atoms with van der Waals surface area (Å²) in [6, 6.07) is 3.89. The molecule has 3 N–H and O–H groups in total. The Morgan fingerprint density at radius 2 is 1.88 bits per heavy atom. The summed E-state index contributed by atoms with van der Waals surface area (Å²) in [5.41, 5.74) is 4.81. The van der Waals surface area contributed by atoms with Gasteiger partial charge in [0.2, 0.25) is 0 Å². The first-order valence-electron chi connectivity index (χ1n) is 7.79. The first kappa shape index (κ1) is 19.2. The minimum Gasteiger partial charge on any atom is -0.324 e. The monoisotopic (exact) mass is 364 g/mol. The van der Waals surface area contributed by atoms with E-state index >= 15 is 0 Å². The summed E-state index contributed by atoms with van der Waals surface area (Å²) < 4.78 is 62.7. The lowest BCUT2D eigenvalue weighted by atomic mass is 10.1. The number of hydrogen-bond donors (Lipinski definition) is 2. The first-order valence-corrected chi connectivity index (χ1v) is 9.27. The molecule has 1 aromatic carbocycles. The van der Waals surface area contributed by atoms with Crippen LogP contribution in [0.15, 0.2) is 29.2 Å². The average Bonchev–Trinajstić information content (AvgIpc) is 3.21. The molecule has 1 aliphatic rings. The summed E-state index contributed by atoms with van der Waals surface area (Å²) in [6.45, 7) is 4.11. The molecule has 1 fully saturated rings. The fourth-order valence-corrected chi connectivity index (χ4v) is 3.91. The number of alkyl halides is 3. The fourth-order valence-electron chi connectivity index (χ4n) is 2.36. The zero-order chi connectivity index (χ0) is 18.2. The minimum atomic E-state index is -4.57. The fraction of sp³-hybridized carbons (Fsp3) is 0.625. The van der Waals surface area contributed by atoms with Gasteiger partial charge in [-0.1, -0.05) is 6.07 Å². The van der Waals surface area contributed by atoms with Gasteiger partial charge in [-0.15, -0.1) is 0 Å². The van der Waals surface area contributed by atoms with E-state index in [2.05, 4.69) is 5.32 Å². The molecular formula is C16H23F3N2O2S. The topological polar surface area (TPSA) is 72.2 Å². The highest BCUT2D eigenvalue weighted by Crippen LogP contribution is 2.34. The molecule has 0 spiro atoms. The third kappa shape index (κ3) is 4.29. The Morgan fingerprint density at radius 1 is 1.25 bits per heavy atom. The second kappa shape index (κ2) is 6.31. The second-order valence-electron chi connectivity index (χ2n) is 7.08. The van der Waals surface area contributed by atoms with E-state index in [0.29, 0.717) is 19.2 Å². The smallest absolute Gasteiger partial charge is 0.324 e. The van der Waals surface area contributed by atoms with Gasteiger partial charge in [0.05, 0.1) is 15.2 Å². The highest BCUT2D eigenvalue weighted by molar-refractivity contribution is 7.92. The normalized spacial score (nSPS) is 17.8. The van der Waals surface area contributed by atoms with Crippen LogP contribution >= 0.6 is 0 Å². The van der Waals surface area contributed by atoms with Gasteiger partial charge in [0.15, 0.2) is 9.84 Å². The number of nitrogens with one attached hydrogen (secondary N) is 1. The largest absolute Gasteiger partial charge is 0.416 e. The van der Waals surface area contributed by atoms with Crippen molar-refractivity contribution < 1.29 is 21.6 Å². The molecule has 0 atom stereocenters. The summed E-state index contributed by atoms with van der Waals surface area (Å²) in [7, 11) is -3.89. The zero-order valence-electron chi connectivity index (χ0n) is 13.8. The molecule has 2 rings (SSSR count). The van der Waals surface area contributed by atoms with Crippen LogP contribution in [0.3, 0.4) is 0 Å². The summed E-state index contributed by atoms with van der Waals surface area (Å²) in [4.78, 5) is -0.306. The van der Waals surface area contributed by atoms with Gasteiger partial charge in [0.1, 0.15) is 0 Å². The molecule has 136 valence electrons.